The second-order valence-corrected chi connectivity index (χ2v) is 5.29. The van der Waals surface area contributed by atoms with E-state index in [1.54, 1.807) is 6.92 Å². The zero-order valence-corrected chi connectivity index (χ0v) is 12.6. The Morgan fingerprint density at radius 3 is 2.50 bits per heavy atom. The lowest BCUT2D eigenvalue weighted by Gasteiger charge is -2.15. The first-order valence-corrected chi connectivity index (χ1v) is 7.03. The van der Waals surface area contributed by atoms with Crippen LogP contribution >= 0.6 is 0 Å². The molecule has 3 aromatic rings. The number of aromatic nitrogens is 4. The Labute approximate surface area is 135 Å². The summed E-state index contributed by atoms with van der Waals surface area (Å²) in [5.74, 6) is 0. The summed E-state index contributed by atoms with van der Waals surface area (Å²) in [6, 6.07) is 9.47. The molecular formula is C16H12F3N5. The van der Waals surface area contributed by atoms with Gasteiger partial charge in [0.15, 0.2) is 0 Å². The summed E-state index contributed by atoms with van der Waals surface area (Å²) < 4.78 is 42.2. The van der Waals surface area contributed by atoms with Gasteiger partial charge in [0.05, 0.1) is 18.2 Å². The third kappa shape index (κ3) is 2.88. The number of nitrogens with zero attached hydrogens (tertiary/aromatic N) is 4. The van der Waals surface area contributed by atoms with E-state index in [1.807, 2.05) is 6.07 Å². The maximum atomic E-state index is 13.7. The van der Waals surface area contributed by atoms with Crippen LogP contribution in [0.2, 0.25) is 0 Å². The number of rotatable bonds is 3. The van der Waals surface area contributed by atoms with Gasteiger partial charge < -0.3 is 4.57 Å². The lowest BCUT2D eigenvalue weighted by atomic mass is 10.0. The molecule has 8 heteroatoms. The molecule has 0 aliphatic rings. The van der Waals surface area contributed by atoms with E-state index < -0.39 is 11.9 Å². The number of benzene rings is 1. The van der Waals surface area contributed by atoms with Gasteiger partial charge in [0.2, 0.25) is 0 Å². The molecule has 0 atom stereocenters. The third-order valence-electron chi connectivity index (χ3n) is 3.68. The largest absolute Gasteiger partial charge is 0.432 e. The number of nitriles is 1. The standard InChI is InChI=1S/C16H12F3N5/c1-10-6-14(12-4-2-11(7-20)3-5-12)15(16(17,18)19)24(10)9-13-8-21-23-22-13/h2-6,8H,9H2,1H3,(H,21,22,23). The number of hydrogen-bond donors (Lipinski definition) is 1. The summed E-state index contributed by atoms with van der Waals surface area (Å²) >= 11 is 0. The van der Waals surface area contributed by atoms with E-state index in [-0.39, 0.29) is 12.1 Å². The van der Waals surface area contributed by atoms with Crippen molar-refractivity contribution in [3.63, 3.8) is 0 Å². The van der Waals surface area contributed by atoms with Crippen LogP contribution in [-0.4, -0.2) is 20.0 Å². The average Bonchev–Trinajstić information content (AvgIpc) is 3.16. The minimum Gasteiger partial charge on any atom is -0.335 e. The molecule has 0 radical (unpaired) electrons. The van der Waals surface area contributed by atoms with Crippen LogP contribution in [0.1, 0.15) is 22.6 Å². The van der Waals surface area contributed by atoms with Crippen molar-refractivity contribution in [3.8, 4) is 17.2 Å². The predicted octanol–water partition coefficient (Wildman–Crippen LogP) is 3.52. The van der Waals surface area contributed by atoms with Gasteiger partial charge in [0.25, 0.3) is 0 Å². The van der Waals surface area contributed by atoms with E-state index in [2.05, 4.69) is 15.4 Å². The van der Waals surface area contributed by atoms with Gasteiger partial charge in [-0.3, -0.25) is 5.10 Å². The van der Waals surface area contributed by atoms with E-state index in [0.717, 1.165) is 0 Å². The molecule has 2 heterocycles. The van der Waals surface area contributed by atoms with Crippen molar-refractivity contribution in [3.05, 3.63) is 59.2 Å². The van der Waals surface area contributed by atoms with Crippen molar-refractivity contribution in [1.82, 2.24) is 20.0 Å². The number of hydrogen-bond acceptors (Lipinski definition) is 3. The lowest BCUT2D eigenvalue weighted by Crippen LogP contribution is -2.16. The molecule has 0 saturated heterocycles. The van der Waals surface area contributed by atoms with Crippen molar-refractivity contribution in [1.29, 1.82) is 5.26 Å². The zero-order chi connectivity index (χ0) is 17.3. The molecule has 0 saturated carbocycles. The van der Waals surface area contributed by atoms with Crippen LogP contribution in [0.4, 0.5) is 13.2 Å². The number of halogens is 3. The number of aryl methyl sites for hydroxylation is 1. The highest BCUT2D eigenvalue weighted by atomic mass is 19.4. The SMILES string of the molecule is Cc1cc(-c2ccc(C#N)cc2)c(C(F)(F)F)n1Cc1c[nH]nn1. The molecule has 0 fully saturated rings. The van der Waals surface area contributed by atoms with Gasteiger partial charge in [0, 0.05) is 17.5 Å². The van der Waals surface area contributed by atoms with Crippen LogP contribution in [0, 0.1) is 18.3 Å². The van der Waals surface area contributed by atoms with Crippen molar-refractivity contribution in [2.24, 2.45) is 0 Å². The molecule has 0 bridgehead atoms. The topological polar surface area (TPSA) is 70.3 Å². The Bertz CT molecular complexity index is 884. The molecule has 0 unspecified atom stereocenters. The average molecular weight is 331 g/mol. The number of H-pyrrole nitrogens is 1. The summed E-state index contributed by atoms with van der Waals surface area (Å²) in [4.78, 5) is 0. The lowest BCUT2D eigenvalue weighted by molar-refractivity contribution is -0.142. The van der Waals surface area contributed by atoms with Crippen LogP contribution in [0.25, 0.3) is 11.1 Å². The molecule has 0 spiro atoms. The highest BCUT2D eigenvalue weighted by Crippen LogP contribution is 2.39. The van der Waals surface area contributed by atoms with E-state index in [0.29, 0.717) is 22.5 Å². The quantitative estimate of drug-likeness (QED) is 0.798. The monoisotopic (exact) mass is 331 g/mol. The Morgan fingerprint density at radius 1 is 1.25 bits per heavy atom. The van der Waals surface area contributed by atoms with Gasteiger partial charge in [-0.1, -0.05) is 17.3 Å². The van der Waals surface area contributed by atoms with Crippen LogP contribution in [0.3, 0.4) is 0 Å². The molecule has 1 N–H and O–H groups in total. The highest BCUT2D eigenvalue weighted by Gasteiger charge is 2.38. The second-order valence-electron chi connectivity index (χ2n) is 5.29. The fraction of sp³-hybridized carbons (Fsp3) is 0.188. The molecule has 0 amide bonds. The van der Waals surface area contributed by atoms with E-state index in [4.69, 9.17) is 5.26 Å². The van der Waals surface area contributed by atoms with Gasteiger partial charge in [0.1, 0.15) is 11.4 Å². The third-order valence-corrected chi connectivity index (χ3v) is 3.68. The Balaban J connectivity index is 2.14. The fourth-order valence-electron chi connectivity index (χ4n) is 2.60. The van der Waals surface area contributed by atoms with Gasteiger partial charge in [-0.2, -0.15) is 18.4 Å². The number of nitrogens with one attached hydrogen (secondary N) is 1. The first-order chi connectivity index (χ1) is 11.4. The van der Waals surface area contributed by atoms with Crippen molar-refractivity contribution in [2.75, 3.05) is 0 Å². The van der Waals surface area contributed by atoms with Crippen molar-refractivity contribution < 1.29 is 13.2 Å². The summed E-state index contributed by atoms with van der Waals surface area (Å²) in [6.45, 7) is 1.58. The zero-order valence-electron chi connectivity index (χ0n) is 12.6. The minimum absolute atomic E-state index is 0.0343. The summed E-state index contributed by atoms with van der Waals surface area (Å²) in [5, 5.41) is 18.6. The van der Waals surface area contributed by atoms with Gasteiger partial charge in [-0.15, -0.1) is 5.10 Å². The molecule has 0 aliphatic heterocycles. The van der Waals surface area contributed by atoms with E-state index in [9.17, 15) is 13.2 Å². The van der Waals surface area contributed by atoms with Crippen molar-refractivity contribution in [2.45, 2.75) is 19.6 Å². The summed E-state index contributed by atoms with van der Waals surface area (Å²) in [7, 11) is 0. The maximum absolute atomic E-state index is 13.7. The first-order valence-electron chi connectivity index (χ1n) is 7.03. The van der Waals surface area contributed by atoms with Crippen LogP contribution in [-0.2, 0) is 12.7 Å². The molecule has 5 nitrogen and oxygen atoms in total. The molecule has 122 valence electrons. The Kier molecular flexibility index (Phi) is 3.85. The van der Waals surface area contributed by atoms with E-state index >= 15 is 0 Å². The maximum Gasteiger partial charge on any atom is 0.432 e. The number of aromatic amines is 1. The molecule has 2 aromatic heterocycles. The van der Waals surface area contributed by atoms with Crippen LogP contribution in [0.15, 0.2) is 36.5 Å². The smallest absolute Gasteiger partial charge is 0.335 e. The minimum atomic E-state index is -4.53. The van der Waals surface area contributed by atoms with Crippen molar-refractivity contribution >= 4 is 0 Å². The van der Waals surface area contributed by atoms with Crippen LogP contribution < -0.4 is 0 Å². The van der Waals surface area contributed by atoms with Gasteiger partial charge >= 0.3 is 6.18 Å². The highest BCUT2D eigenvalue weighted by molar-refractivity contribution is 5.69. The predicted molar refractivity (Wildman–Crippen MR) is 79.8 cm³/mol. The molecule has 3 rings (SSSR count). The number of alkyl halides is 3. The van der Waals surface area contributed by atoms with Crippen LogP contribution in [0.5, 0.6) is 0 Å². The van der Waals surface area contributed by atoms with Gasteiger partial charge in [-0.05, 0) is 30.7 Å². The second kappa shape index (κ2) is 5.85. The fourth-order valence-corrected chi connectivity index (χ4v) is 2.60. The molecule has 24 heavy (non-hydrogen) atoms. The van der Waals surface area contributed by atoms with Gasteiger partial charge in [-0.25, -0.2) is 0 Å². The normalized spacial score (nSPS) is 11.5. The summed E-state index contributed by atoms with van der Waals surface area (Å²) in [5.41, 5.74) is 1.00. The summed E-state index contributed by atoms with van der Waals surface area (Å²) in [6.07, 6.45) is -3.07. The first kappa shape index (κ1) is 15.8. The molecule has 0 aliphatic carbocycles. The molecular weight excluding hydrogens is 319 g/mol. The molecule has 1 aromatic carbocycles. The Morgan fingerprint density at radius 2 is 1.96 bits per heavy atom. The Hall–Kier alpha value is -3.08. The van der Waals surface area contributed by atoms with E-state index in [1.165, 1.54) is 41.1 Å².